The van der Waals surface area contributed by atoms with E-state index in [2.05, 4.69) is 15.3 Å². The molecule has 0 spiro atoms. The first-order chi connectivity index (χ1) is 12.1. The largest absolute Gasteiger partial charge is 0.383 e. The SMILES string of the molecule is CCC(NC(=O)N(CCOC)Cc1ccncc1)c1cccc(C)n1. The maximum atomic E-state index is 12.8. The molecular weight excluding hydrogens is 316 g/mol. The molecule has 2 rings (SSSR count). The fourth-order valence-corrected chi connectivity index (χ4v) is 2.55. The standard InChI is InChI=1S/C19H26N4O2/c1-4-17(18-7-5-6-15(2)21-18)22-19(24)23(12-13-25-3)14-16-8-10-20-11-9-16/h5-11,17H,4,12-14H2,1-3H3,(H,22,24). The Balaban J connectivity index is 2.08. The number of ether oxygens (including phenoxy) is 1. The number of carbonyl (C=O) groups excluding carboxylic acids is 1. The molecule has 1 atom stereocenters. The average molecular weight is 342 g/mol. The lowest BCUT2D eigenvalue weighted by atomic mass is 10.1. The van der Waals surface area contributed by atoms with Gasteiger partial charge in [-0.15, -0.1) is 0 Å². The van der Waals surface area contributed by atoms with E-state index in [1.54, 1.807) is 24.4 Å². The van der Waals surface area contributed by atoms with Crippen LogP contribution in [0.2, 0.25) is 0 Å². The zero-order chi connectivity index (χ0) is 18.1. The molecule has 0 aliphatic carbocycles. The molecule has 1 unspecified atom stereocenters. The highest BCUT2D eigenvalue weighted by Crippen LogP contribution is 2.15. The Morgan fingerprint density at radius 2 is 2.04 bits per heavy atom. The van der Waals surface area contributed by atoms with Crippen LogP contribution in [0.15, 0.2) is 42.7 Å². The summed E-state index contributed by atoms with van der Waals surface area (Å²) < 4.78 is 5.15. The summed E-state index contributed by atoms with van der Waals surface area (Å²) in [7, 11) is 1.63. The molecule has 1 N–H and O–H groups in total. The third-order valence-corrected chi connectivity index (χ3v) is 3.95. The molecule has 0 saturated heterocycles. The Hall–Kier alpha value is -2.47. The molecule has 0 fully saturated rings. The van der Waals surface area contributed by atoms with Crippen LogP contribution in [0.3, 0.4) is 0 Å². The lowest BCUT2D eigenvalue weighted by Gasteiger charge is -2.26. The van der Waals surface area contributed by atoms with Crippen molar-refractivity contribution in [2.24, 2.45) is 0 Å². The second kappa shape index (κ2) is 9.74. The van der Waals surface area contributed by atoms with Gasteiger partial charge in [0.15, 0.2) is 0 Å². The van der Waals surface area contributed by atoms with Crippen molar-refractivity contribution in [1.29, 1.82) is 0 Å². The number of nitrogens with one attached hydrogen (secondary N) is 1. The summed E-state index contributed by atoms with van der Waals surface area (Å²) in [5.74, 6) is 0. The number of nitrogens with zero attached hydrogens (tertiary/aromatic N) is 3. The zero-order valence-corrected chi connectivity index (χ0v) is 15.1. The van der Waals surface area contributed by atoms with Crippen LogP contribution in [0.4, 0.5) is 4.79 Å². The molecule has 6 nitrogen and oxygen atoms in total. The van der Waals surface area contributed by atoms with Crippen LogP contribution in [-0.2, 0) is 11.3 Å². The molecule has 0 aliphatic rings. The van der Waals surface area contributed by atoms with Crippen LogP contribution in [0.25, 0.3) is 0 Å². The quantitative estimate of drug-likeness (QED) is 0.800. The number of amides is 2. The Kier molecular flexibility index (Phi) is 7.35. The van der Waals surface area contributed by atoms with Gasteiger partial charge in [-0.2, -0.15) is 0 Å². The predicted molar refractivity (Wildman–Crippen MR) is 97.1 cm³/mol. The zero-order valence-electron chi connectivity index (χ0n) is 15.1. The second-order valence-electron chi connectivity index (χ2n) is 5.88. The molecule has 0 saturated carbocycles. The predicted octanol–water partition coefficient (Wildman–Crippen LogP) is 3.09. The van der Waals surface area contributed by atoms with Gasteiger partial charge >= 0.3 is 6.03 Å². The van der Waals surface area contributed by atoms with Gasteiger partial charge in [0, 0.05) is 38.3 Å². The van der Waals surface area contributed by atoms with E-state index in [0.29, 0.717) is 19.7 Å². The Morgan fingerprint density at radius 1 is 1.28 bits per heavy atom. The summed E-state index contributed by atoms with van der Waals surface area (Å²) in [5.41, 5.74) is 2.85. The van der Waals surface area contributed by atoms with E-state index in [4.69, 9.17) is 4.74 Å². The molecule has 0 bridgehead atoms. The molecule has 0 aliphatic heterocycles. The van der Waals surface area contributed by atoms with Crippen molar-refractivity contribution < 1.29 is 9.53 Å². The summed E-state index contributed by atoms with van der Waals surface area (Å²) in [6.45, 7) is 5.50. The van der Waals surface area contributed by atoms with Crippen LogP contribution >= 0.6 is 0 Å². The van der Waals surface area contributed by atoms with Gasteiger partial charge in [-0.3, -0.25) is 9.97 Å². The molecule has 6 heteroatoms. The summed E-state index contributed by atoms with van der Waals surface area (Å²) in [5, 5.41) is 3.09. The molecule has 0 radical (unpaired) electrons. The van der Waals surface area contributed by atoms with E-state index in [0.717, 1.165) is 23.4 Å². The van der Waals surface area contributed by atoms with Crippen molar-refractivity contribution in [2.75, 3.05) is 20.3 Å². The van der Waals surface area contributed by atoms with Crippen LogP contribution in [0.1, 0.15) is 36.3 Å². The maximum Gasteiger partial charge on any atom is 0.318 e. The van der Waals surface area contributed by atoms with Crippen molar-refractivity contribution in [3.05, 3.63) is 59.7 Å². The number of hydrogen-bond donors (Lipinski definition) is 1. The summed E-state index contributed by atoms with van der Waals surface area (Å²) in [6, 6.07) is 9.44. The van der Waals surface area contributed by atoms with Crippen LogP contribution < -0.4 is 5.32 Å². The van der Waals surface area contributed by atoms with Gasteiger partial charge in [-0.05, 0) is 43.2 Å². The second-order valence-corrected chi connectivity index (χ2v) is 5.88. The van der Waals surface area contributed by atoms with Crippen molar-refractivity contribution in [2.45, 2.75) is 32.9 Å². The van der Waals surface area contributed by atoms with Gasteiger partial charge in [0.2, 0.25) is 0 Å². The monoisotopic (exact) mass is 342 g/mol. The number of hydrogen-bond acceptors (Lipinski definition) is 4. The van der Waals surface area contributed by atoms with Crippen molar-refractivity contribution >= 4 is 6.03 Å². The van der Waals surface area contributed by atoms with E-state index in [1.165, 1.54) is 0 Å². The van der Waals surface area contributed by atoms with Gasteiger partial charge in [-0.1, -0.05) is 13.0 Å². The van der Waals surface area contributed by atoms with Crippen LogP contribution in [-0.4, -0.2) is 41.2 Å². The average Bonchev–Trinajstić information content (AvgIpc) is 2.63. The Bertz CT molecular complexity index is 663. The molecule has 2 amide bonds. The third kappa shape index (κ3) is 5.83. The first kappa shape index (κ1) is 18.9. The molecule has 2 aromatic heterocycles. The van der Waals surface area contributed by atoms with Crippen molar-refractivity contribution in [3.63, 3.8) is 0 Å². The maximum absolute atomic E-state index is 12.8. The molecule has 134 valence electrons. The Morgan fingerprint density at radius 3 is 2.68 bits per heavy atom. The number of aryl methyl sites for hydroxylation is 1. The normalized spacial score (nSPS) is 11.8. The minimum Gasteiger partial charge on any atom is -0.383 e. The fourth-order valence-electron chi connectivity index (χ4n) is 2.55. The number of urea groups is 1. The number of aromatic nitrogens is 2. The number of pyridine rings is 2. The minimum absolute atomic E-state index is 0.116. The highest BCUT2D eigenvalue weighted by Gasteiger charge is 2.19. The van der Waals surface area contributed by atoms with Gasteiger partial charge in [0.1, 0.15) is 0 Å². The lowest BCUT2D eigenvalue weighted by Crippen LogP contribution is -2.42. The topological polar surface area (TPSA) is 67.4 Å². The summed E-state index contributed by atoms with van der Waals surface area (Å²) in [6.07, 6.45) is 4.23. The van der Waals surface area contributed by atoms with Crippen molar-refractivity contribution in [3.8, 4) is 0 Å². The van der Waals surface area contributed by atoms with E-state index in [9.17, 15) is 4.79 Å². The summed E-state index contributed by atoms with van der Waals surface area (Å²) >= 11 is 0. The Labute approximate surface area is 149 Å². The number of methoxy groups -OCH3 is 1. The third-order valence-electron chi connectivity index (χ3n) is 3.95. The van der Waals surface area contributed by atoms with Gasteiger partial charge < -0.3 is 15.0 Å². The number of carbonyl (C=O) groups is 1. The summed E-state index contributed by atoms with van der Waals surface area (Å²) in [4.78, 5) is 23.1. The molecule has 0 aromatic carbocycles. The van der Waals surface area contributed by atoms with E-state index in [-0.39, 0.29) is 12.1 Å². The van der Waals surface area contributed by atoms with Crippen molar-refractivity contribution in [1.82, 2.24) is 20.2 Å². The van der Waals surface area contributed by atoms with Crippen LogP contribution in [0.5, 0.6) is 0 Å². The molecule has 25 heavy (non-hydrogen) atoms. The van der Waals surface area contributed by atoms with E-state index in [1.807, 2.05) is 44.2 Å². The van der Waals surface area contributed by atoms with Crippen LogP contribution in [0, 0.1) is 6.92 Å². The molecular formula is C19H26N4O2. The fraction of sp³-hybridized carbons (Fsp3) is 0.421. The van der Waals surface area contributed by atoms with Gasteiger partial charge in [0.05, 0.1) is 18.3 Å². The minimum atomic E-state index is -0.121. The van der Waals surface area contributed by atoms with Gasteiger partial charge in [-0.25, -0.2) is 4.79 Å². The first-order valence-corrected chi connectivity index (χ1v) is 8.51. The first-order valence-electron chi connectivity index (χ1n) is 8.51. The molecule has 2 aromatic rings. The highest BCUT2D eigenvalue weighted by molar-refractivity contribution is 5.74. The lowest BCUT2D eigenvalue weighted by molar-refractivity contribution is 0.144. The highest BCUT2D eigenvalue weighted by atomic mass is 16.5. The van der Waals surface area contributed by atoms with E-state index >= 15 is 0 Å². The van der Waals surface area contributed by atoms with Gasteiger partial charge in [0.25, 0.3) is 0 Å². The van der Waals surface area contributed by atoms with E-state index < -0.39 is 0 Å². The molecule has 2 heterocycles. The smallest absolute Gasteiger partial charge is 0.318 e. The number of rotatable bonds is 8.